The summed E-state index contributed by atoms with van der Waals surface area (Å²) in [5.74, 6) is 0.528. The fourth-order valence-electron chi connectivity index (χ4n) is 1.97. The summed E-state index contributed by atoms with van der Waals surface area (Å²) < 4.78 is 10.7. The molecule has 0 aliphatic carbocycles. The van der Waals surface area contributed by atoms with Gasteiger partial charge in [0.15, 0.2) is 0 Å². The molecular weight excluding hydrogens is 244 g/mol. The number of rotatable bonds is 5. The summed E-state index contributed by atoms with van der Waals surface area (Å²) in [5.41, 5.74) is 0.581. The van der Waals surface area contributed by atoms with Gasteiger partial charge in [-0.25, -0.2) is 0 Å². The molecule has 19 heavy (non-hydrogen) atoms. The minimum absolute atomic E-state index is 0.101. The highest BCUT2D eigenvalue weighted by atomic mass is 16.5. The van der Waals surface area contributed by atoms with Crippen molar-refractivity contribution in [2.45, 2.75) is 6.92 Å². The monoisotopic (exact) mass is 264 g/mol. The van der Waals surface area contributed by atoms with E-state index in [4.69, 9.17) is 9.47 Å². The second kappa shape index (κ2) is 7.11. The van der Waals surface area contributed by atoms with Crippen molar-refractivity contribution in [3.05, 3.63) is 29.8 Å². The van der Waals surface area contributed by atoms with Crippen LogP contribution in [0, 0.1) is 0 Å². The summed E-state index contributed by atoms with van der Waals surface area (Å²) in [6.45, 7) is 6.16. The number of hydrogen-bond donors (Lipinski definition) is 1. The maximum atomic E-state index is 12.1. The number of amides is 1. The molecule has 0 unspecified atom stereocenters. The first-order chi connectivity index (χ1) is 9.31. The van der Waals surface area contributed by atoms with Crippen molar-refractivity contribution in [2.75, 3.05) is 39.6 Å². The van der Waals surface area contributed by atoms with E-state index in [9.17, 15) is 4.79 Å². The van der Waals surface area contributed by atoms with Crippen molar-refractivity contribution in [1.29, 1.82) is 0 Å². The Bertz CT molecular complexity index is 417. The minimum Gasteiger partial charge on any atom is -0.493 e. The molecule has 0 spiro atoms. The standard InChI is InChI=1S/C14H20N2O3/c1-2-19-13-6-4-3-5-12(13)14(17)15-11-16-7-9-18-10-8-16/h3-6H,2,7-11H2,1H3,(H,15,17). The largest absolute Gasteiger partial charge is 0.493 e. The smallest absolute Gasteiger partial charge is 0.256 e. The molecule has 0 bridgehead atoms. The van der Waals surface area contributed by atoms with E-state index in [1.807, 2.05) is 25.1 Å². The number of benzene rings is 1. The van der Waals surface area contributed by atoms with Crippen molar-refractivity contribution < 1.29 is 14.3 Å². The van der Waals surface area contributed by atoms with Gasteiger partial charge in [0.1, 0.15) is 5.75 Å². The van der Waals surface area contributed by atoms with Crippen LogP contribution < -0.4 is 10.1 Å². The molecule has 1 saturated heterocycles. The van der Waals surface area contributed by atoms with Gasteiger partial charge < -0.3 is 14.8 Å². The van der Waals surface area contributed by atoms with Crippen LogP contribution in [0.5, 0.6) is 5.75 Å². The van der Waals surface area contributed by atoms with Crippen molar-refractivity contribution >= 4 is 5.91 Å². The molecule has 0 saturated carbocycles. The fourth-order valence-corrected chi connectivity index (χ4v) is 1.97. The number of ether oxygens (including phenoxy) is 2. The lowest BCUT2D eigenvalue weighted by Gasteiger charge is -2.26. The Morgan fingerprint density at radius 1 is 1.37 bits per heavy atom. The first-order valence-electron chi connectivity index (χ1n) is 6.61. The van der Waals surface area contributed by atoms with Gasteiger partial charge >= 0.3 is 0 Å². The van der Waals surface area contributed by atoms with Gasteiger partial charge in [-0.2, -0.15) is 0 Å². The molecule has 2 rings (SSSR count). The molecule has 0 atom stereocenters. The lowest BCUT2D eigenvalue weighted by atomic mass is 10.2. The average molecular weight is 264 g/mol. The molecule has 1 aliphatic heterocycles. The van der Waals surface area contributed by atoms with E-state index in [1.165, 1.54) is 0 Å². The van der Waals surface area contributed by atoms with Crippen LogP contribution in [-0.4, -0.2) is 50.4 Å². The van der Waals surface area contributed by atoms with Gasteiger partial charge in [0.25, 0.3) is 5.91 Å². The van der Waals surface area contributed by atoms with Crippen molar-refractivity contribution in [1.82, 2.24) is 10.2 Å². The molecular formula is C14H20N2O3. The van der Waals surface area contributed by atoms with Gasteiger partial charge in [0, 0.05) is 13.1 Å². The number of nitrogens with zero attached hydrogens (tertiary/aromatic N) is 1. The molecule has 1 aliphatic rings. The summed E-state index contributed by atoms with van der Waals surface area (Å²) in [5, 5.41) is 2.92. The Labute approximate surface area is 113 Å². The first-order valence-corrected chi connectivity index (χ1v) is 6.61. The Balaban J connectivity index is 1.91. The summed E-state index contributed by atoms with van der Waals surface area (Å²) in [6.07, 6.45) is 0. The van der Waals surface area contributed by atoms with Crippen LogP contribution in [0.2, 0.25) is 0 Å². The van der Waals surface area contributed by atoms with Crippen molar-refractivity contribution in [3.63, 3.8) is 0 Å². The summed E-state index contributed by atoms with van der Waals surface area (Å²) >= 11 is 0. The second-order valence-electron chi connectivity index (χ2n) is 4.32. The lowest BCUT2D eigenvalue weighted by Crippen LogP contribution is -2.43. The second-order valence-corrected chi connectivity index (χ2v) is 4.32. The number of para-hydroxylation sites is 1. The van der Waals surface area contributed by atoms with E-state index >= 15 is 0 Å². The van der Waals surface area contributed by atoms with Crippen LogP contribution >= 0.6 is 0 Å². The van der Waals surface area contributed by atoms with Crippen LogP contribution in [0.4, 0.5) is 0 Å². The summed E-state index contributed by atoms with van der Waals surface area (Å²) in [7, 11) is 0. The Morgan fingerprint density at radius 2 is 2.11 bits per heavy atom. The quantitative estimate of drug-likeness (QED) is 0.865. The lowest BCUT2D eigenvalue weighted by molar-refractivity contribution is 0.0334. The Hall–Kier alpha value is -1.59. The topological polar surface area (TPSA) is 50.8 Å². The van der Waals surface area contributed by atoms with E-state index in [1.54, 1.807) is 6.07 Å². The van der Waals surface area contributed by atoms with Gasteiger partial charge in [-0.3, -0.25) is 9.69 Å². The van der Waals surface area contributed by atoms with Gasteiger partial charge in [-0.05, 0) is 19.1 Å². The maximum Gasteiger partial charge on any atom is 0.256 e. The van der Waals surface area contributed by atoms with E-state index in [0.717, 1.165) is 26.3 Å². The van der Waals surface area contributed by atoms with E-state index < -0.39 is 0 Å². The summed E-state index contributed by atoms with van der Waals surface area (Å²) in [6, 6.07) is 7.29. The zero-order valence-electron chi connectivity index (χ0n) is 11.2. The highest BCUT2D eigenvalue weighted by Crippen LogP contribution is 2.17. The van der Waals surface area contributed by atoms with Gasteiger partial charge in [-0.1, -0.05) is 12.1 Å². The molecule has 104 valence electrons. The molecule has 5 nitrogen and oxygen atoms in total. The number of nitrogens with one attached hydrogen (secondary N) is 1. The molecule has 0 aromatic heterocycles. The zero-order chi connectivity index (χ0) is 13.5. The molecule has 1 fully saturated rings. The number of morpholine rings is 1. The van der Waals surface area contributed by atoms with Crippen molar-refractivity contribution in [3.8, 4) is 5.75 Å². The fraction of sp³-hybridized carbons (Fsp3) is 0.500. The van der Waals surface area contributed by atoms with Crippen LogP contribution in [0.1, 0.15) is 17.3 Å². The Kier molecular flexibility index (Phi) is 5.18. The van der Waals surface area contributed by atoms with E-state index in [-0.39, 0.29) is 5.91 Å². The number of carbonyl (C=O) groups is 1. The first kappa shape index (κ1) is 13.8. The molecule has 1 aromatic rings. The third-order valence-electron chi connectivity index (χ3n) is 3.00. The average Bonchev–Trinajstić information content (AvgIpc) is 2.47. The minimum atomic E-state index is -0.101. The van der Waals surface area contributed by atoms with Crippen LogP contribution in [-0.2, 0) is 4.74 Å². The van der Waals surface area contributed by atoms with E-state index in [0.29, 0.717) is 24.6 Å². The van der Waals surface area contributed by atoms with Gasteiger partial charge in [-0.15, -0.1) is 0 Å². The van der Waals surface area contributed by atoms with Crippen molar-refractivity contribution in [2.24, 2.45) is 0 Å². The molecule has 0 radical (unpaired) electrons. The third-order valence-corrected chi connectivity index (χ3v) is 3.00. The highest BCUT2D eigenvalue weighted by molar-refractivity contribution is 5.96. The van der Waals surface area contributed by atoms with E-state index in [2.05, 4.69) is 10.2 Å². The number of carbonyl (C=O) groups excluding carboxylic acids is 1. The Morgan fingerprint density at radius 3 is 2.84 bits per heavy atom. The summed E-state index contributed by atoms with van der Waals surface area (Å²) in [4.78, 5) is 14.3. The maximum absolute atomic E-state index is 12.1. The SMILES string of the molecule is CCOc1ccccc1C(=O)NCN1CCOCC1. The normalized spacial score (nSPS) is 16.1. The molecule has 5 heteroatoms. The molecule has 1 aromatic carbocycles. The molecule has 1 N–H and O–H groups in total. The zero-order valence-corrected chi connectivity index (χ0v) is 11.2. The highest BCUT2D eigenvalue weighted by Gasteiger charge is 2.14. The van der Waals surface area contributed by atoms with Gasteiger partial charge in [0.05, 0.1) is 32.1 Å². The van der Waals surface area contributed by atoms with Crippen LogP contribution in [0.15, 0.2) is 24.3 Å². The van der Waals surface area contributed by atoms with Crippen LogP contribution in [0.3, 0.4) is 0 Å². The van der Waals surface area contributed by atoms with Crippen LogP contribution in [0.25, 0.3) is 0 Å². The molecule has 1 amide bonds. The third kappa shape index (κ3) is 3.94. The predicted molar refractivity (Wildman–Crippen MR) is 72.3 cm³/mol. The van der Waals surface area contributed by atoms with Gasteiger partial charge in [0.2, 0.25) is 0 Å². The predicted octanol–water partition coefficient (Wildman–Crippen LogP) is 1.10. The molecule has 1 heterocycles. The number of hydrogen-bond acceptors (Lipinski definition) is 4.